The van der Waals surface area contributed by atoms with E-state index in [1.165, 1.54) is 17.0 Å². The predicted octanol–water partition coefficient (Wildman–Crippen LogP) is 6.17. The Kier molecular flexibility index (Phi) is 8.42. The highest BCUT2D eigenvalue weighted by atomic mass is 19.4. The number of nitrogens with zero attached hydrogens (tertiary/aromatic N) is 1. The minimum atomic E-state index is -5.02. The highest BCUT2D eigenvalue weighted by Gasteiger charge is 2.64. The molecule has 1 N–H and O–H groups in total. The Morgan fingerprint density at radius 2 is 1.63 bits per heavy atom. The molecule has 2 saturated heterocycles. The van der Waals surface area contributed by atoms with Crippen LogP contribution in [0.5, 0.6) is 5.75 Å². The number of alkyl carbamates (subject to hydrolysis) is 1. The van der Waals surface area contributed by atoms with Crippen molar-refractivity contribution < 1.29 is 37.0 Å². The summed E-state index contributed by atoms with van der Waals surface area (Å²) >= 11 is 0. The Morgan fingerprint density at radius 1 is 1.00 bits per heavy atom. The molecule has 3 aromatic rings. The molecule has 7 nitrogen and oxygen atoms in total. The summed E-state index contributed by atoms with van der Waals surface area (Å²) in [6.07, 6.45) is -5.33. The number of nitrogens with one attached hydrogen (secondary N) is 1. The fraction of sp³-hybridized carbons (Fsp3) is 0.394. The van der Waals surface area contributed by atoms with E-state index < -0.39 is 29.4 Å². The zero-order chi connectivity index (χ0) is 30.8. The number of amides is 2. The average Bonchev–Trinajstić information content (AvgIpc) is 2.97. The van der Waals surface area contributed by atoms with E-state index in [1.54, 1.807) is 19.9 Å². The number of carbonyl (C=O) groups is 2. The first-order chi connectivity index (χ1) is 20.5. The molecule has 2 amide bonds. The van der Waals surface area contributed by atoms with Gasteiger partial charge in [-0.1, -0.05) is 77.9 Å². The van der Waals surface area contributed by atoms with Crippen molar-refractivity contribution in [1.82, 2.24) is 10.2 Å². The number of rotatable bonds is 7. The van der Waals surface area contributed by atoms with Crippen LogP contribution in [0.1, 0.15) is 46.6 Å². The van der Waals surface area contributed by atoms with E-state index in [4.69, 9.17) is 14.2 Å². The number of carbonyl (C=O) groups excluding carboxylic acids is 2. The molecule has 1 spiro atoms. The molecule has 1 unspecified atom stereocenters. The Labute approximate surface area is 248 Å². The Morgan fingerprint density at radius 3 is 2.26 bits per heavy atom. The van der Waals surface area contributed by atoms with Crippen molar-refractivity contribution in [3.05, 3.63) is 101 Å². The lowest BCUT2D eigenvalue weighted by Crippen LogP contribution is -2.62. The Hall–Kier alpha value is -4.05. The molecular formula is C33H35F3N2O5. The number of piperidine rings is 1. The fourth-order valence-corrected chi connectivity index (χ4v) is 6.36. The van der Waals surface area contributed by atoms with Crippen LogP contribution in [0.15, 0.2) is 72.8 Å². The smallest absolute Gasteiger partial charge is 0.430 e. The van der Waals surface area contributed by atoms with Crippen LogP contribution in [-0.4, -0.2) is 55.4 Å². The lowest BCUT2D eigenvalue weighted by molar-refractivity contribution is -0.271. The van der Waals surface area contributed by atoms with Crippen LogP contribution in [0.25, 0.3) is 0 Å². The number of alkyl halides is 3. The van der Waals surface area contributed by atoms with E-state index in [0.29, 0.717) is 23.5 Å². The SMILES string of the molecule is CO[C@@](C(=O)N1CCC2(CC1)OC(=O)NCC2c1ccccc1OCc1ccccc1)(c1cc(C)cc(C)c1)C(F)(F)F. The van der Waals surface area contributed by atoms with Gasteiger partial charge in [0.2, 0.25) is 0 Å². The summed E-state index contributed by atoms with van der Waals surface area (Å²) in [7, 11) is 0.908. The molecule has 2 heterocycles. The molecule has 228 valence electrons. The third kappa shape index (κ3) is 5.80. The number of methoxy groups -OCH3 is 1. The predicted molar refractivity (Wildman–Crippen MR) is 154 cm³/mol. The number of benzene rings is 3. The second-order valence-electron chi connectivity index (χ2n) is 11.3. The normalized spacial score (nSPS) is 19.7. The second-order valence-corrected chi connectivity index (χ2v) is 11.3. The first-order valence-corrected chi connectivity index (χ1v) is 14.2. The van der Waals surface area contributed by atoms with Gasteiger partial charge in [0.25, 0.3) is 11.5 Å². The van der Waals surface area contributed by atoms with Gasteiger partial charge >= 0.3 is 12.3 Å². The average molecular weight is 597 g/mol. The standard InChI is InChI=1S/C33H35F3N2O5/c1-22-17-23(2)19-25(18-22)32(41-3,33(34,35)36)29(39)38-15-13-31(14-16-38)27(20-37-30(40)43-31)26-11-7-8-12-28(26)42-21-24-9-5-4-6-10-24/h4-12,17-19,27H,13-16,20-21H2,1-3H3,(H,37,40)/t27?,32-/m1/s1. The number of ether oxygens (including phenoxy) is 3. The number of para-hydroxylation sites is 1. The topological polar surface area (TPSA) is 77.1 Å². The molecule has 2 fully saturated rings. The highest BCUT2D eigenvalue weighted by Crippen LogP contribution is 2.48. The van der Waals surface area contributed by atoms with Crippen LogP contribution in [0.2, 0.25) is 0 Å². The number of aryl methyl sites for hydroxylation is 2. The van der Waals surface area contributed by atoms with E-state index in [1.807, 2.05) is 54.6 Å². The molecule has 10 heteroatoms. The van der Waals surface area contributed by atoms with Crippen molar-refractivity contribution in [2.75, 3.05) is 26.7 Å². The summed E-state index contributed by atoms with van der Waals surface area (Å²) in [5.41, 5.74) is -1.50. The van der Waals surface area contributed by atoms with E-state index in [0.717, 1.165) is 18.2 Å². The summed E-state index contributed by atoms with van der Waals surface area (Å²) in [6.45, 7) is 3.84. The van der Waals surface area contributed by atoms with Gasteiger partial charge in [-0.25, -0.2) is 4.79 Å². The third-order valence-electron chi connectivity index (χ3n) is 8.44. The van der Waals surface area contributed by atoms with Crippen molar-refractivity contribution in [2.45, 2.75) is 56.6 Å². The lowest BCUT2D eigenvalue weighted by atomic mass is 9.74. The van der Waals surface area contributed by atoms with Gasteiger partial charge in [-0.15, -0.1) is 0 Å². The third-order valence-corrected chi connectivity index (χ3v) is 8.44. The van der Waals surface area contributed by atoms with Gasteiger partial charge in [0, 0.05) is 56.6 Å². The minimum Gasteiger partial charge on any atom is -0.489 e. The monoisotopic (exact) mass is 596 g/mol. The van der Waals surface area contributed by atoms with Crippen molar-refractivity contribution in [3.63, 3.8) is 0 Å². The van der Waals surface area contributed by atoms with Crippen molar-refractivity contribution in [1.29, 1.82) is 0 Å². The molecule has 3 aromatic carbocycles. The maximum absolute atomic E-state index is 14.8. The number of hydrogen-bond donors (Lipinski definition) is 1. The van der Waals surface area contributed by atoms with E-state index in [2.05, 4.69) is 5.32 Å². The molecule has 43 heavy (non-hydrogen) atoms. The summed E-state index contributed by atoms with van der Waals surface area (Å²) in [6, 6.07) is 21.6. The molecular weight excluding hydrogens is 561 g/mol. The van der Waals surface area contributed by atoms with Crippen molar-refractivity contribution in [3.8, 4) is 5.75 Å². The van der Waals surface area contributed by atoms with Crippen LogP contribution in [-0.2, 0) is 26.5 Å². The quantitative estimate of drug-likeness (QED) is 0.353. The van der Waals surface area contributed by atoms with Crippen LogP contribution in [0, 0.1) is 13.8 Å². The zero-order valence-corrected chi connectivity index (χ0v) is 24.4. The first-order valence-electron chi connectivity index (χ1n) is 14.2. The van der Waals surface area contributed by atoms with E-state index in [-0.39, 0.29) is 44.0 Å². The molecule has 2 atom stereocenters. The van der Waals surface area contributed by atoms with Crippen molar-refractivity contribution in [2.24, 2.45) is 0 Å². The molecule has 0 aliphatic carbocycles. The lowest BCUT2D eigenvalue weighted by Gasteiger charge is -2.49. The Bertz CT molecular complexity index is 1450. The summed E-state index contributed by atoms with van der Waals surface area (Å²) < 4.78 is 61.6. The number of halogens is 3. The number of hydrogen-bond acceptors (Lipinski definition) is 5. The zero-order valence-electron chi connectivity index (χ0n) is 24.4. The van der Waals surface area contributed by atoms with Gasteiger partial charge in [0.05, 0.1) is 0 Å². The van der Waals surface area contributed by atoms with Gasteiger partial charge in [-0.3, -0.25) is 4.79 Å². The molecule has 0 bridgehead atoms. The molecule has 0 radical (unpaired) electrons. The van der Waals surface area contributed by atoms with Crippen LogP contribution >= 0.6 is 0 Å². The first kappa shape index (κ1) is 30.4. The van der Waals surface area contributed by atoms with Gasteiger partial charge in [-0.05, 0) is 25.5 Å². The van der Waals surface area contributed by atoms with Crippen LogP contribution in [0.3, 0.4) is 0 Å². The summed E-state index contributed by atoms with van der Waals surface area (Å²) in [4.78, 5) is 27.5. The van der Waals surface area contributed by atoms with E-state index >= 15 is 0 Å². The van der Waals surface area contributed by atoms with Crippen LogP contribution in [0.4, 0.5) is 18.0 Å². The largest absolute Gasteiger partial charge is 0.489 e. The number of likely N-dealkylation sites (tertiary alicyclic amines) is 1. The van der Waals surface area contributed by atoms with Crippen LogP contribution < -0.4 is 10.1 Å². The van der Waals surface area contributed by atoms with Crippen molar-refractivity contribution >= 4 is 12.0 Å². The molecule has 0 saturated carbocycles. The maximum atomic E-state index is 14.8. The molecule has 2 aliphatic heterocycles. The summed E-state index contributed by atoms with van der Waals surface area (Å²) in [5.74, 6) is -0.923. The molecule has 5 rings (SSSR count). The summed E-state index contributed by atoms with van der Waals surface area (Å²) in [5, 5.41) is 2.76. The van der Waals surface area contributed by atoms with Gasteiger partial charge in [0.1, 0.15) is 18.0 Å². The maximum Gasteiger partial charge on any atom is 0.430 e. The van der Waals surface area contributed by atoms with Gasteiger partial charge < -0.3 is 24.4 Å². The Balaban J connectivity index is 1.42. The van der Waals surface area contributed by atoms with E-state index in [9.17, 15) is 22.8 Å². The fourth-order valence-electron chi connectivity index (χ4n) is 6.36. The molecule has 0 aromatic heterocycles. The minimum absolute atomic E-state index is 0.0539. The van der Waals surface area contributed by atoms with Gasteiger partial charge in [0.15, 0.2) is 0 Å². The van der Waals surface area contributed by atoms with Gasteiger partial charge in [-0.2, -0.15) is 13.2 Å². The molecule has 2 aliphatic rings. The second kappa shape index (κ2) is 11.9. The highest BCUT2D eigenvalue weighted by molar-refractivity contribution is 5.88.